The minimum absolute atomic E-state index is 0.0139. The van der Waals surface area contributed by atoms with Crippen molar-refractivity contribution in [3.63, 3.8) is 0 Å². The number of H-pyrrole nitrogens is 1. The molecule has 0 unspecified atom stereocenters. The van der Waals surface area contributed by atoms with Crippen molar-refractivity contribution in [3.05, 3.63) is 62.9 Å². The second-order valence-corrected chi connectivity index (χ2v) is 8.99. The number of fused-ring (bicyclic) bond motifs is 4. The summed E-state index contributed by atoms with van der Waals surface area (Å²) in [6.45, 7) is 5.10. The smallest absolute Gasteiger partial charge is 0.260 e. The SMILES string of the molecule is C[C@H]1CCc2c(sc3nc([C@H](C)[NH2+]Cc4cn5ccccc5n4)[nH]c(=O)c23)C1. The third kappa shape index (κ3) is 3.04. The lowest BCUT2D eigenvalue weighted by Crippen LogP contribution is -2.83. The van der Waals surface area contributed by atoms with E-state index in [1.54, 1.807) is 11.3 Å². The first-order chi connectivity index (χ1) is 13.6. The molecule has 0 saturated heterocycles. The van der Waals surface area contributed by atoms with Crippen LogP contribution in [-0.2, 0) is 19.4 Å². The van der Waals surface area contributed by atoms with Gasteiger partial charge in [-0.15, -0.1) is 11.3 Å². The van der Waals surface area contributed by atoms with Gasteiger partial charge in [0, 0.05) is 17.3 Å². The summed E-state index contributed by atoms with van der Waals surface area (Å²) in [4.78, 5) is 27.5. The molecule has 1 aliphatic carbocycles. The Kier molecular flexibility index (Phi) is 4.29. The summed E-state index contributed by atoms with van der Waals surface area (Å²) in [5, 5.41) is 2.99. The summed E-state index contributed by atoms with van der Waals surface area (Å²) in [6.07, 6.45) is 7.27. The van der Waals surface area contributed by atoms with Gasteiger partial charge in [0.2, 0.25) is 0 Å². The zero-order valence-electron chi connectivity index (χ0n) is 16.1. The fraction of sp³-hybridized carbons (Fsp3) is 0.381. The van der Waals surface area contributed by atoms with E-state index in [0.29, 0.717) is 5.92 Å². The van der Waals surface area contributed by atoms with Crippen LogP contribution in [0.25, 0.3) is 15.9 Å². The predicted octanol–water partition coefficient (Wildman–Crippen LogP) is 2.58. The number of aromatic nitrogens is 4. The molecular formula is C21H24N5OS+. The predicted molar refractivity (Wildman–Crippen MR) is 111 cm³/mol. The minimum atomic E-state index is 0.0139. The number of pyridine rings is 1. The van der Waals surface area contributed by atoms with Gasteiger partial charge in [0.15, 0.2) is 5.82 Å². The topological polar surface area (TPSA) is 79.7 Å². The van der Waals surface area contributed by atoms with Crippen LogP contribution in [0.2, 0.25) is 0 Å². The molecule has 1 aliphatic rings. The summed E-state index contributed by atoms with van der Waals surface area (Å²) in [6, 6.07) is 6.04. The Morgan fingerprint density at radius 3 is 3.14 bits per heavy atom. The number of imidazole rings is 1. The van der Waals surface area contributed by atoms with Crippen molar-refractivity contribution >= 4 is 27.2 Å². The molecule has 6 nitrogen and oxygen atoms in total. The molecular weight excluding hydrogens is 370 g/mol. The van der Waals surface area contributed by atoms with E-state index in [1.165, 1.54) is 10.4 Å². The molecule has 4 aromatic heterocycles. The molecule has 3 N–H and O–H groups in total. The van der Waals surface area contributed by atoms with Gasteiger partial charge in [-0.25, -0.2) is 9.97 Å². The molecule has 144 valence electrons. The second kappa shape index (κ2) is 6.83. The Morgan fingerprint density at radius 1 is 1.39 bits per heavy atom. The molecule has 0 bridgehead atoms. The standard InChI is InChI=1S/C21H23N5OS/c1-12-6-7-15-16(9-12)28-21-18(15)20(27)24-19(25-21)13(2)22-10-14-11-26-8-4-3-5-17(26)23-14/h3-5,8,11-13,22H,6-7,9-10H2,1-2H3,(H,24,25,27)/p+1/t12-,13-/m0/s1. The maximum Gasteiger partial charge on any atom is 0.260 e. The Morgan fingerprint density at radius 2 is 2.29 bits per heavy atom. The summed E-state index contributed by atoms with van der Waals surface area (Å²) in [7, 11) is 0. The lowest BCUT2D eigenvalue weighted by atomic mass is 9.89. The normalized spacial score (nSPS) is 17.9. The van der Waals surface area contributed by atoms with Crippen molar-refractivity contribution in [2.75, 3.05) is 0 Å². The Bertz CT molecular complexity index is 1190. The Hall–Kier alpha value is -2.51. The number of hydrogen-bond acceptors (Lipinski definition) is 4. The quantitative estimate of drug-likeness (QED) is 0.558. The van der Waals surface area contributed by atoms with Crippen molar-refractivity contribution in [2.45, 2.75) is 45.7 Å². The third-order valence-electron chi connectivity index (χ3n) is 5.71. The third-order valence-corrected chi connectivity index (χ3v) is 6.86. The van der Waals surface area contributed by atoms with E-state index in [1.807, 2.05) is 35.0 Å². The number of nitrogens with zero attached hydrogens (tertiary/aromatic N) is 3. The van der Waals surface area contributed by atoms with Crippen molar-refractivity contribution in [1.29, 1.82) is 0 Å². The lowest BCUT2D eigenvalue weighted by Gasteiger charge is -2.17. The van der Waals surface area contributed by atoms with Crippen molar-refractivity contribution in [1.82, 2.24) is 19.4 Å². The number of nitrogens with two attached hydrogens (primary N) is 1. The van der Waals surface area contributed by atoms with Crippen LogP contribution < -0.4 is 10.9 Å². The minimum Gasteiger partial charge on any atom is -0.333 e. The Balaban J connectivity index is 1.40. The number of hydrogen-bond donors (Lipinski definition) is 2. The van der Waals surface area contributed by atoms with E-state index in [2.05, 4.69) is 29.1 Å². The number of rotatable bonds is 4. The number of quaternary nitrogens is 1. The van der Waals surface area contributed by atoms with Crippen LogP contribution in [0.5, 0.6) is 0 Å². The molecule has 0 saturated carbocycles. The molecule has 0 radical (unpaired) electrons. The highest BCUT2D eigenvalue weighted by Gasteiger charge is 2.24. The highest BCUT2D eigenvalue weighted by molar-refractivity contribution is 7.18. The molecule has 0 spiro atoms. The second-order valence-electron chi connectivity index (χ2n) is 7.91. The van der Waals surface area contributed by atoms with E-state index in [9.17, 15) is 4.79 Å². The monoisotopic (exact) mass is 394 g/mol. The fourth-order valence-electron chi connectivity index (χ4n) is 4.08. The average molecular weight is 395 g/mol. The number of nitrogens with one attached hydrogen (secondary N) is 1. The van der Waals surface area contributed by atoms with Crippen molar-refractivity contribution < 1.29 is 5.32 Å². The van der Waals surface area contributed by atoms with E-state index < -0.39 is 0 Å². The van der Waals surface area contributed by atoms with Gasteiger partial charge in [-0.3, -0.25) is 4.79 Å². The lowest BCUT2D eigenvalue weighted by molar-refractivity contribution is -0.709. The van der Waals surface area contributed by atoms with Gasteiger partial charge in [-0.05, 0) is 49.8 Å². The fourth-order valence-corrected chi connectivity index (χ4v) is 5.47. The zero-order valence-corrected chi connectivity index (χ0v) is 16.9. The van der Waals surface area contributed by atoms with Gasteiger partial charge in [0.1, 0.15) is 28.8 Å². The van der Waals surface area contributed by atoms with E-state index in [0.717, 1.165) is 53.2 Å². The van der Waals surface area contributed by atoms with E-state index >= 15 is 0 Å². The summed E-state index contributed by atoms with van der Waals surface area (Å²) >= 11 is 1.71. The van der Waals surface area contributed by atoms with Gasteiger partial charge in [-0.1, -0.05) is 13.0 Å². The molecule has 0 aromatic carbocycles. The summed E-state index contributed by atoms with van der Waals surface area (Å²) in [5.41, 5.74) is 3.21. The molecule has 4 aromatic rings. The van der Waals surface area contributed by atoms with Crippen LogP contribution in [0, 0.1) is 5.92 Å². The van der Waals surface area contributed by atoms with Gasteiger partial charge < -0.3 is 14.7 Å². The van der Waals surface area contributed by atoms with Crippen LogP contribution in [0.4, 0.5) is 0 Å². The average Bonchev–Trinajstić information content (AvgIpc) is 3.26. The number of thiophene rings is 1. The van der Waals surface area contributed by atoms with Crippen LogP contribution in [0.3, 0.4) is 0 Å². The van der Waals surface area contributed by atoms with Crippen molar-refractivity contribution in [2.24, 2.45) is 5.92 Å². The van der Waals surface area contributed by atoms with Crippen molar-refractivity contribution in [3.8, 4) is 0 Å². The van der Waals surface area contributed by atoms with Gasteiger partial charge >= 0.3 is 0 Å². The molecule has 5 rings (SSSR count). The molecule has 4 heterocycles. The van der Waals surface area contributed by atoms with Crippen LogP contribution in [0.15, 0.2) is 35.4 Å². The van der Waals surface area contributed by atoms with E-state index in [-0.39, 0.29) is 11.6 Å². The number of aromatic amines is 1. The number of aryl methyl sites for hydroxylation is 1. The van der Waals surface area contributed by atoms with Crippen LogP contribution in [-0.4, -0.2) is 19.4 Å². The zero-order chi connectivity index (χ0) is 19.3. The Labute approximate surface area is 166 Å². The maximum absolute atomic E-state index is 12.8. The first kappa shape index (κ1) is 17.6. The summed E-state index contributed by atoms with van der Waals surface area (Å²) in [5.74, 6) is 1.43. The van der Waals surface area contributed by atoms with E-state index in [4.69, 9.17) is 4.98 Å². The summed E-state index contributed by atoms with van der Waals surface area (Å²) < 4.78 is 2.02. The molecule has 0 fully saturated rings. The largest absolute Gasteiger partial charge is 0.333 e. The molecule has 0 aliphatic heterocycles. The molecule has 0 amide bonds. The highest BCUT2D eigenvalue weighted by atomic mass is 32.1. The molecule has 7 heteroatoms. The van der Waals surface area contributed by atoms with Gasteiger partial charge in [-0.2, -0.15) is 0 Å². The highest BCUT2D eigenvalue weighted by Crippen LogP contribution is 2.35. The maximum atomic E-state index is 12.8. The van der Waals surface area contributed by atoms with Gasteiger partial charge in [0.05, 0.1) is 5.39 Å². The first-order valence-electron chi connectivity index (χ1n) is 9.89. The van der Waals surface area contributed by atoms with Crippen LogP contribution in [0.1, 0.15) is 48.3 Å². The molecule has 28 heavy (non-hydrogen) atoms. The van der Waals surface area contributed by atoms with Gasteiger partial charge in [0.25, 0.3) is 5.56 Å². The first-order valence-corrected chi connectivity index (χ1v) is 10.7. The molecule has 2 atom stereocenters. The van der Waals surface area contributed by atoms with Crippen LogP contribution >= 0.6 is 11.3 Å².